The zero-order chi connectivity index (χ0) is 16.4. The van der Waals surface area contributed by atoms with Gasteiger partial charge < -0.3 is 14.4 Å². The number of methoxy groups -OCH3 is 1. The molecule has 2 aromatic carbocycles. The zero-order valence-electron chi connectivity index (χ0n) is 12.0. The van der Waals surface area contributed by atoms with Crippen LogP contribution in [-0.4, -0.2) is 28.3 Å². The van der Waals surface area contributed by atoms with Gasteiger partial charge in [0, 0.05) is 11.1 Å². The summed E-state index contributed by atoms with van der Waals surface area (Å²) >= 11 is 0. The number of aromatic nitrogens is 2. The van der Waals surface area contributed by atoms with Crippen molar-refractivity contribution in [2.75, 3.05) is 7.11 Å². The molecule has 3 aromatic rings. The average molecular weight is 314 g/mol. The fraction of sp³-hybridized carbons (Fsp3) is 0.0625. The Bertz CT molecular complexity index is 859. The molecule has 1 N–H and O–H groups in total. The van der Waals surface area contributed by atoms with Crippen LogP contribution in [0.5, 0.6) is 5.75 Å². The van der Waals surface area contributed by atoms with Crippen LogP contribution in [0.4, 0.5) is 4.39 Å². The van der Waals surface area contributed by atoms with Gasteiger partial charge in [-0.05, 0) is 42.5 Å². The predicted molar refractivity (Wildman–Crippen MR) is 78.6 cm³/mol. The van der Waals surface area contributed by atoms with Crippen LogP contribution < -0.4 is 4.74 Å². The summed E-state index contributed by atoms with van der Waals surface area (Å²) in [5.41, 5.74) is 1.05. The smallest absolute Gasteiger partial charge is 0.335 e. The lowest BCUT2D eigenvalue weighted by Gasteiger charge is -2.03. The van der Waals surface area contributed by atoms with Crippen LogP contribution in [0.2, 0.25) is 0 Å². The van der Waals surface area contributed by atoms with Crippen LogP contribution in [0.25, 0.3) is 22.8 Å². The first-order valence-corrected chi connectivity index (χ1v) is 6.59. The van der Waals surface area contributed by atoms with Crippen LogP contribution in [0.3, 0.4) is 0 Å². The van der Waals surface area contributed by atoms with E-state index in [0.717, 1.165) is 0 Å². The van der Waals surface area contributed by atoms with E-state index < -0.39 is 5.97 Å². The van der Waals surface area contributed by atoms with E-state index in [1.807, 2.05) is 0 Å². The van der Waals surface area contributed by atoms with Gasteiger partial charge in [0.15, 0.2) is 0 Å². The van der Waals surface area contributed by atoms with Crippen molar-refractivity contribution in [1.29, 1.82) is 0 Å². The summed E-state index contributed by atoms with van der Waals surface area (Å²) in [6.45, 7) is 0. The van der Waals surface area contributed by atoms with Crippen LogP contribution in [0.15, 0.2) is 47.0 Å². The molecule has 6 nitrogen and oxygen atoms in total. The van der Waals surface area contributed by atoms with Crippen LogP contribution in [-0.2, 0) is 0 Å². The Labute approximate surface area is 130 Å². The molecule has 0 saturated heterocycles. The van der Waals surface area contributed by atoms with Crippen molar-refractivity contribution in [3.05, 3.63) is 53.8 Å². The van der Waals surface area contributed by atoms with Gasteiger partial charge in [0.05, 0.1) is 12.7 Å². The van der Waals surface area contributed by atoms with Gasteiger partial charge in [-0.3, -0.25) is 0 Å². The minimum atomic E-state index is -1.09. The maximum absolute atomic E-state index is 12.9. The average Bonchev–Trinajstić information content (AvgIpc) is 3.05. The Balaban J connectivity index is 2.01. The number of hydrogen-bond acceptors (Lipinski definition) is 5. The molecule has 1 aromatic heterocycles. The second-order valence-corrected chi connectivity index (χ2v) is 4.69. The summed E-state index contributed by atoms with van der Waals surface area (Å²) in [4.78, 5) is 15.4. The molecule has 0 aliphatic heterocycles. The molecule has 0 atom stereocenters. The third-order valence-corrected chi connectivity index (χ3v) is 3.16. The summed E-state index contributed by atoms with van der Waals surface area (Å²) in [5, 5.41) is 13.0. The highest BCUT2D eigenvalue weighted by Gasteiger charge is 2.15. The first-order chi connectivity index (χ1) is 11.1. The maximum Gasteiger partial charge on any atom is 0.335 e. The maximum atomic E-state index is 12.9. The first-order valence-electron chi connectivity index (χ1n) is 6.59. The molecular formula is C16H11FN2O4. The van der Waals surface area contributed by atoms with E-state index in [0.29, 0.717) is 16.9 Å². The molecule has 0 unspecified atom stereocenters. The lowest BCUT2D eigenvalue weighted by Crippen LogP contribution is -1.98. The Morgan fingerprint density at radius 3 is 2.57 bits per heavy atom. The zero-order valence-corrected chi connectivity index (χ0v) is 12.0. The van der Waals surface area contributed by atoms with Crippen molar-refractivity contribution in [3.63, 3.8) is 0 Å². The van der Waals surface area contributed by atoms with E-state index in [4.69, 9.17) is 14.4 Å². The highest BCUT2D eigenvalue weighted by atomic mass is 19.1. The molecule has 0 aliphatic rings. The van der Waals surface area contributed by atoms with E-state index in [2.05, 4.69) is 10.1 Å². The molecule has 0 radical (unpaired) electrons. The van der Waals surface area contributed by atoms with Gasteiger partial charge in [0.2, 0.25) is 5.82 Å². The fourth-order valence-corrected chi connectivity index (χ4v) is 2.02. The van der Waals surface area contributed by atoms with Crippen LogP contribution in [0, 0.1) is 5.82 Å². The number of carboxylic acid groups (broad SMARTS) is 1. The lowest BCUT2D eigenvalue weighted by molar-refractivity contribution is 0.0696. The summed E-state index contributed by atoms with van der Waals surface area (Å²) in [6, 6.07) is 10.0. The number of ether oxygens (including phenoxy) is 1. The third-order valence-electron chi connectivity index (χ3n) is 3.16. The fourth-order valence-electron chi connectivity index (χ4n) is 2.02. The number of halogens is 1. The van der Waals surface area contributed by atoms with Gasteiger partial charge in [0.25, 0.3) is 5.89 Å². The lowest BCUT2D eigenvalue weighted by atomic mass is 10.1. The number of nitrogens with zero attached hydrogens (tertiary/aromatic N) is 2. The normalized spacial score (nSPS) is 10.5. The van der Waals surface area contributed by atoms with Gasteiger partial charge in [-0.2, -0.15) is 4.98 Å². The third kappa shape index (κ3) is 3.03. The molecule has 23 heavy (non-hydrogen) atoms. The molecule has 0 amide bonds. The quantitative estimate of drug-likeness (QED) is 0.795. The minimum Gasteiger partial charge on any atom is -0.497 e. The van der Waals surface area contributed by atoms with Crippen molar-refractivity contribution in [2.45, 2.75) is 0 Å². The van der Waals surface area contributed by atoms with E-state index in [1.165, 1.54) is 43.5 Å². The number of carbonyl (C=O) groups is 1. The molecule has 116 valence electrons. The molecule has 3 rings (SSSR count). The number of benzene rings is 2. The second kappa shape index (κ2) is 5.88. The number of rotatable bonds is 4. The van der Waals surface area contributed by atoms with Crippen LogP contribution >= 0.6 is 0 Å². The number of hydrogen-bond donors (Lipinski definition) is 1. The second-order valence-electron chi connectivity index (χ2n) is 4.69. The first kappa shape index (κ1) is 14.7. The SMILES string of the molecule is COc1cc(C(=O)O)cc(-c2nc(-c3ccc(F)cc3)no2)c1. The van der Waals surface area contributed by atoms with Crippen molar-refractivity contribution in [1.82, 2.24) is 10.1 Å². The molecule has 1 heterocycles. The molecule has 0 bridgehead atoms. The summed E-state index contributed by atoms with van der Waals surface area (Å²) in [6.07, 6.45) is 0. The minimum absolute atomic E-state index is 0.0425. The van der Waals surface area contributed by atoms with Gasteiger partial charge in [-0.1, -0.05) is 5.16 Å². The molecule has 0 aliphatic carbocycles. The molecule has 7 heteroatoms. The Morgan fingerprint density at radius 2 is 1.91 bits per heavy atom. The highest BCUT2D eigenvalue weighted by Crippen LogP contribution is 2.27. The molecule has 0 spiro atoms. The summed E-state index contributed by atoms with van der Waals surface area (Å²) in [7, 11) is 1.43. The van der Waals surface area contributed by atoms with E-state index in [9.17, 15) is 9.18 Å². The monoisotopic (exact) mass is 314 g/mol. The van der Waals surface area contributed by atoms with Crippen LogP contribution in [0.1, 0.15) is 10.4 Å². The van der Waals surface area contributed by atoms with Crippen molar-refractivity contribution in [3.8, 4) is 28.6 Å². The molecular weight excluding hydrogens is 303 g/mol. The van der Waals surface area contributed by atoms with Crippen molar-refractivity contribution in [2.24, 2.45) is 0 Å². The summed E-state index contributed by atoms with van der Waals surface area (Å²) < 4.78 is 23.2. The Kier molecular flexibility index (Phi) is 3.76. The number of aromatic carboxylic acids is 1. The molecule has 0 fully saturated rings. The van der Waals surface area contributed by atoms with E-state index >= 15 is 0 Å². The van der Waals surface area contributed by atoms with Crippen molar-refractivity contribution >= 4 is 5.97 Å². The highest BCUT2D eigenvalue weighted by molar-refractivity contribution is 5.89. The topological polar surface area (TPSA) is 85.5 Å². The molecule has 0 saturated carbocycles. The van der Waals surface area contributed by atoms with Gasteiger partial charge in [0.1, 0.15) is 11.6 Å². The van der Waals surface area contributed by atoms with Gasteiger partial charge in [-0.25, -0.2) is 9.18 Å². The van der Waals surface area contributed by atoms with E-state index in [-0.39, 0.29) is 23.1 Å². The largest absolute Gasteiger partial charge is 0.497 e. The van der Waals surface area contributed by atoms with Gasteiger partial charge >= 0.3 is 5.97 Å². The standard InChI is InChI=1S/C16H11FN2O4/c1-22-13-7-10(6-11(8-13)16(20)21)15-18-14(19-23-15)9-2-4-12(17)5-3-9/h2-8H,1H3,(H,20,21). The predicted octanol–water partition coefficient (Wildman–Crippen LogP) is 3.25. The van der Waals surface area contributed by atoms with Crippen molar-refractivity contribution < 1.29 is 23.6 Å². The van der Waals surface area contributed by atoms with E-state index in [1.54, 1.807) is 6.07 Å². The Morgan fingerprint density at radius 1 is 1.17 bits per heavy atom. The Hall–Kier alpha value is -3.22. The van der Waals surface area contributed by atoms with Gasteiger partial charge in [-0.15, -0.1) is 0 Å². The number of carboxylic acids is 1. The summed E-state index contributed by atoms with van der Waals surface area (Å²) in [5.74, 6) is -0.674.